The van der Waals surface area contributed by atoms with Crippen LogP contribution < -0.4 is 5.73 Å². The highest BCUT2D eigenvalue weighted by Gasteiger charge is 2.30. The van der Waals surface area contributed by atoms with Gasteiger partial charge in [-0.15, -0.1) is 0 Å². The van der Waals surface area contributed by atoms with Crippen LogP contribution >= 0.6 is 0 Å². The van der Waals surface area contributed by atoms with Crippen molar-refractivity contribution in [2.24, 2.45) is 0 Å². The first-order chi connectivity index (χ1) is 9.70. The maximum absolute atomic E-state index is 12.3. The number of ether oxygens (including phenoxy) is 1. The van der Waals surface area contributed by atoms with Gasteiger partial charge < -0.3 is 15.6 Å². The summed E-state index contributed by atoms with van der Waals surface area (Å²) < 4.78 is 30.2. The van der Waals surface area contributed by atoms with Gasteiger partial charge in [-0.25, -0.2) is 8.42 Å². The van der Waals surface area contributed by atoms with Gasteiger partial charge in [-0.2, -0.15) is 4.31 Å². The molecule has 1 aromatic carbocycles. The van der Waals surface area contributed by atoms with Gasteiger partial charge in [0.1, 0.15) is 0 Å². The molecule has 0 aliphatic rings. The van der Waals surface area contributed by atoms with E-state index in [0.717, 1.165) is 16.4 Å². The monoisotopic (exact) mass is 319 g/mol. The van der Waals surface area contributed by atoms with Crippen LogP contribution in [0.2, 0.25) is 0 Å². The minimum Gasteiger partial charge on any atom is -0.399 e. The van der Waals surface area contributed by atoms with Gasteiger partial charge in [0.2, 0.25) is 10.0 Å². The molecule has 1 unspecified atom stereocenters. The fourth-order valence-electron chi connectivity index (χ4n) is 1.70. The molecular formula is C11H17N3O6S. The number of methoxy groups -OCH3 is 1. The van der Waals surface area contributed by atoms with Crippen LogP contribution in [0, 0.1) is 10.1 Å². The number of nitro benzene ring substituents is 1. The third kappa shape index (κ3) is 4.11. The maximum Gasteiger partial charge on any atom is 0.291 e. The van der Waals surface area contributed by atoms with Crippen LogP contribution in [0.4, 0.5) is 11.4 Å². The molecule has 118 valence electrons. The number of nitrogens with two attached hydrogens (primary N) is 1. The van der Waals surface area contributed by atoms with Crippen LogP contribution in [-0.4, -0.2) is 56.2 Å². The number of aliphatic hydroxyl groups is 1. The van der Waals surface area contributed by atoms with Gasteiger partial charge in [-0.3, -0.25) is 10.1 Å². The predicted octanol–water partition coefficient (Wildman–Crippen LogP) is -0.195. The molecule has 0 saturated heterocycles. The molecule has 1 aromatic rings. The zero-order valence-electron chi connectivity index (χ0n) is 11.6. The SMILES string of the molecule is COCC(O)CN(C)S(=O)(=O)c1ccc(N)cc1[N+](=O)[O-]. The smallest absolute Gasteiger partial charge is 0.291 e. The summed E-state index contributed by atoms with van der Waals surface area (Å²) in [4.78, 5) is 9.67. The minimum absolute atomic E-state index is 0.0519. The number of rotatable bonds is 7. The summed E-state index contributed by atoms with van der Waals surface area (Å²) >= 11 is 0. The zero-order valence-corrected chi connectivity index (χ0v) is 12.4. The lowest BCUT2D eigenvalue weighted by Crippen LogP contribution is -2.36. The average Bonchev–Trinajstić information content (AvgIpc) is 2.38. The first-order valence-corrected chi connectivity index (χ1v) is 7.31. The summed E-state index contributed by atoms with van der Waals surface area (Å²) in [6.07, 6.45) is -1.04. The quantitative estimate of drug-likeness (QED) is 0.403. The van der Waals surface area contributed by atoms with Gasteiger partial charge in [0, 0.05) is 32.5 Å². The van der Waals surface area contributed by atoms with E-state index in [2.05, 4.69) is 0 Å². The average molecular weight is 319 g/mol. The second kappa shape index (κ2) is 6.80. The Morgan fingerprint density at radius 1 is 1.52 bits per heavy atom. The number of hydrogen-bond acceptors (Lipinski definition) is 7. The highest BCUT2D eigenvalue weighted by atomic mass is 32.2. The molecule has 0 aliphatic heterocycles. The van der Waals surface area contributed by atoms with E-state index in [4.69, 9.17) is 10.5 Å². The van der Waals surface area contributed by atoms with E-state index >= 15 is 0 Å². The molecule has 0 bridgehead atoms. The van der Waals surface area contributed by atoms with Gasteiger partial charge >= 0.3 is 0 Å². The third-order valence-corrected chi connectivity index (χ3v) is 4.57. The summed E-state index contributed by atoms with van der Waals surface area (Å²) in [6.45, 7) is -0.304. The number of hydrogen-bond donors (Lipinski definition) is 2. The van der Waals surface area contributed by atoms with Crippen LogP contribution in [0.5, 0.6) is 0 Å². The first kappa shape index (κ1) is 17.3. The lowest BCUT2D eigenvalue weighted by molar-refractivity contribution is -0.387. The Morgan fingerprint density at radius 2 is 2.14 bits per heavy atom. The maximum atomic E-state index is 12.3. The summed E-state index contributed by atoms with van der Waals surface area (Å²) in [5.74, 6) is 0. The van der Waals surface area contributed by atoms with Gasteiger partial charge in [-0.1, -0.05) is 0 Å². The van der Waals surface area contributed by atoms with E-state index in [1.807, 2.05) is 0 Å². The summed E-state index contributed by atoms with van der Waals surface area (Å²) in [5, 5.41) is 20.5. The van der Waals surface area contributed by atoms with E-state index in [1.165, 1.54) is 20.2 Å². The fraction of sp³-hybridized carbons (Fsp3) is 0.455. The molecule has 21 heavy (non-hydrogen) atoms. The molecule has 1 rings (SSSR count). The van der Waals surface area contributed by atoms with Crippen LogP contribution in [-0.2, 0) is 14.8 Å². The Hall–Kier alpha value is -1.75. The van der Waals surface area contributed by atoms with Crippen molar-refractivity contribution >= 4 is 21.4 Å². The van der Waals surface area contributed by atoms with Crippen molar-refractivity contribution in [1.29, 1.82) is 0 Å². The van der Waals surface area contributed by atoms with E-state index in [1.54, 1.807) is 0 Å². The number of nitro groups is 1. The molecular weight excluding hydrogens is 302 g/mol. The second-order valence-corrected chi connectivity index (χ2v) is 6.39. The van der Waals surface area contributed by atoms with Crippen LogP contribution in [0.1, 0.15) is 0 Å². The Balaban J connectivity index is 3.16. The number of aliphatic hydroxyl groups excluding tert-OH is 1. The predicted molar refractivity (Wildman–Crippen MR) is 75.2 cm³/mol. The van der Waals surface area contributed by atoms with Crippen LogP contribution in [0.3, 0.4) is 0 Å². The number of likely N-dealkylation sites (N-methyl/N-ethyl adjacent to an activating group) is 1. The molecule has 3 N–H and O–H groups in total. The van der Waals surface area contributed by atoms with Gasteiger partial charge in [0.15, 0.2) is 4.90 Å². The van der Waals surface area contributed by atoms with E-state index in [-0.39, 0.29) is 18.8 Å². The fourth-order valence-corrected chi connectivity index (χ4v) is 3.04. The molecule has 0 saturated carbocycles. The molecule has 0 spiro atoms. The Bertz CT molecular complexity index is 618. The zero-order chi connectivity index (χ0) is 16.2. The van der Waals surface area contributed by atoms with Crippen molar-refractivity contribution in [2.45, 2.75) is 11.0 Å². The highest BCUT2D eigenvalue weighted by Crippen LogP contribution is 2.28. The first-order valence-electron chi connectivity index (χ1n) is 5.87. The van der Waals surface area contributed by atoms with Crippen LogP contribution in [0.25, 0.3) is 0 Å². The molecule has 0 amide bonds. The molecule has 0 fully saturated rings. The number of anilines is 1. The van der Waals surface area contributed by atoms with Crippen molar-refractivity contribution in [2.75, 3.05) is 33.0 Å². The molecule has 10 heteroatoms. The summed E-state index contributed by atoms with van der Waals surface area (Å²) in [6, 6.07) is 3.31. The Kier molecular flexibility index (Phi) is 5.61. The molecule has 0 aromatic heterocycles. The lowest BCUT2D eigenvalue weighted by Gasteiger charge is -2.20. The highest BCUT2D eigenvalue weighted by molar-refractivity contribution is 7.89. The van der Waals surface area contributed by atoms with Crippen molar-refractivity contribution < 1.29 is 23.2 Å². The lowest BCUT2D eigenvalue weighted by atomic mass is 10.3. The largest absolute Gasteiger partial charge is 0.399 e. The minimum atomic E-state index is -4.12. The number of nitrogen functional groups attached to an aromatic ring is 1. The number of sulfonamides is 1. The summed E-state index contributed by atoms with van der Waals surface area (Å²) in [7, 11) is -1.54. The molecule has 0 radical (unpaired) electrons. The van der Waals surface area contributed by atoms with E-state index in [9.17, 15) is 23.6 Å². The summed E-state index contributed by atoms with van der Waals surface area (Å²) in [5.41, 5.74) is 4.91. The van der Waals surface area contributed by atoms with E-state index < -0.39 is 31.6 Å². The van der Waals surface area contributed by atoms with Gasteiger partial charge in [0.25, 0.3) is 5.69 Å². The van der Waals surface area contributed by atoms with Gasteiger partial charge in [-0.05, 0) is 12.1 Å². The standard InChI is InChI=1S/C11H17N3O6S/c1-13(6-9(15)7-20-2)21(18,19)11-4-3-8(12)5-10(11)14(16)17/h3-5,9,15H,6-7,12H2,1-2H3. The normalized spacial score (nSPS) is 13.3. The van der Waals surface area contributed by atoms with Crippen molar-refractivity contribution in [3.8, 4) is 0 Å². The van der Waals surface area contributed by atoms with Gasteiger partial charge in [0.05, 0.1) is 17.6 Å². The molecule has 0 aliphatic carbocycles. The Morgan fingerprint density at radius 3 is 2.67 bits per heavy atom. The van der Waals surface area contributed by atoms with Crippen LogP contribution in [0.15, 0.2) is 23.1 Å². The van der Waals surface area contributed by atoms with Crippen molar-refractivity contribution in [1.82, 2.24) is 4.31 Å². The second-order valence-electron chi connectivity index (χ2n) is 4.38. The third-order valence-electron chi connectivity index (χ3n) is 2.69. The number of benzene rings is 1. The molecule has 0 heterocycles. The molecule has 9 nitrogen and oxygen atoms in total. The molecule has 1 atom stereocenters. The van der Waals surface area contributed by atoms with Crippen molar-refractivity contribution in [3.63, 3.8) is 0 Å². The number of nitrogens with zero attached hydrogens (tertiary/aromatic N) is 2. The van der Waals surface area contributed by atoms with E-state index in [0.29, 0.717) is 0 Å². The van der Waals surface area contributed by atoms with Crippen molar-refractivity contribution in [3.05, 3.63) is 28.3 Å². The Labute approximate surface area is 122 Å². The topological polar surface area (TPSA) is 136 Å².